The predicted molar refractivity (Wildman–Crippen MR) is 110 cm³/mol. The Morgan fingerprint density at radius 3 is 2.41 bits per heavy atom. The molecule has 7 heteroatoms. The van der Waals surface area contributed by atoms with Crippen LogP contribution in [0.5, 0.6) is 0 Å². The zero-order valence-electron chi connectivity index (χ0n) is 17.2. The molecule has 0 unspecified atom stereocenters. The molecule has 2 fully saturated rings. The first-order valence-corrected chi connectivity index (χ1v) is 10.5. The van der Waals surface area contributed by atoms with Crippen molar-refractivity contribution in [3.63, 3.8) is 0 Å². The molecular weight excluding hydrogens is 366 g/mol. The van der Waals surface area contributed by atoms with Gasteiger partial charge in [-0.25, -0.2) is 9.97 Å². The van der Waals surface area contributed by atoms with Crippen LogP contribution in [0, 0.1) is 12.3 Å². The van der Waals surface area contributed by atoms with Gasteiger partial charge in [-0.15, -0.1) is 0 Å². The second-order valence-electron chi connectivity index (χ2n) is 9.32. The quantitative estimate of drug-likeness (QED) is 0.832. The molecule has 2 aliphatic carbocycles. The van der Waals surface area contributed by atoms with Gasteiger partial charge in [-0.1, -0.05) is 13.8 Å². The van der Waals surface area contributed by atoms with Crippen LogP contribution in [0.3, 0.4) is 0 Å². The molecule has 29 heavy (non-hydrogen) atoms. The number of pyridine rings is 1. The summed E-state index contributed by atoms with van der Waals surface area (Å²) in [7, 11) is 0. The fraction of sp³-hybridized carbons (Fsp3) is 0.545. The van der Waals surface area contributed by atoms with E-state index < -0.39 is 5.66 Å². The lowest BCUT2D eigenvalue weighted by Gasteiger charge is -2.39. The Hall–Kier alpha value is -2.70. The summed E-state index contributed by atoms with van der Waals surface area (Å²) in [6.45, 7) is 6.02. The summed E-state index contributed by atoms with van der Waals surface area (Å²) in [6, 6.07) is 3.63. The summed E-state index contributed by atoms with van der Waals surface area (Å²) in [5.41, 5.74) is 2.37. The van der Waals surface area contributed by atoms with E-state index in [-0.39, 0.29) is 17.4 Å². The lowest BCUT2D eigenvalue weighted by Crippen LogP contribution is -2.50. The number of nitrogens with one attached hydrogen (secondary N) is 2. The molecule has 5 rings (SSSR count). The molecule has 7 nitrogen and oxygen atoms in total. The Labute approximate surface area is 170 Å². The lowest BCUT2D eigenvalue weighted by atomic mass is 9.79. The van der Waals surface area contributed by atoms with Gasteiger partial charge in [0, 0.05) is 11.8 Å². The molecule has 0 aromatic carbocycles. The van der Waals surface area contributed by atoms with Gasteiger partial charge in [-0.2, -0.15) is 0 Å². The van der Waals surface area contributed by atoms with Gasteiger partial charge in [0.25, 0.3) is 11.5 Å². The summed E-state index contributed by atoms with van der Waals surface area (Å²) >= 11 is 0. The van der Waals surface area contributed by atoms with Gasteiger partial charge in [0.15, 0.2) is 0 Å². The highest BCUT2D eigenvalue weighted by molar-refractivity contribution is 5.97. The van der Waals surface area contributed by atoms with Gasteiger partial charge in [0.1, 0.15) is 29.2 Å². The third-order valence-electron chi connectivity index (χ3n) is 7.02. The van der Waals surface area contributed by atoms with Crippen LogP contribution in [0.15, 0.2) is 23.3 Å². The van der Waals surface area contributed by atoms with Crippen molar-refractivity contribution in [3.8, 4) is 0 Å². The highest BCUT2D eigenvalue weighted by atomic mass is 16.2. The van der Waals surface area contributed by atoms with Crippen molar-refractivity contribution in [2.75, 3.05) is 5.32 Å². The maximum atomic E-state index is 13.5. The topological polar surface area (TPSA) is 88.9 Å². The van der Waals surface area contributed by atoms with Crippen molar-refractivity contribution >= 4 is 17.4 Å². The van der Waals surface area contributed by atoms with E-state index in [1.54, 1.807) is 10.6 Å². The Bertz CT molecular complexity index is 1060. The minimum absolute atomic E-state index is 0.137. The Kier molecular flexibility index (Phi) is 3.89. The number of fused-ring (bicyclic) bond motifs is 2. The average Bonchev–Trinajstić information content (AvgIpc) is 3.39. The number of carbonyl (C=O) groups is 1. The van der Waals surface area contributed by atoms with Crippen molar-refractivity contribution in [2.45, 2.75) is 70.9 Å². The lowest BCUT2D eigenvalue weighted by molar-refractivity contribution is 0.0822. The molecule has 0 saturated heterocycles. The number of anilines is 2. The monoisotopic (exact) mass is 393 g/mol. The summed E-state index contributed by atoms with van der Waals surface area (Å²) in [4.78, 5) is 34.8. The van der Waals surface area contributed by atoms with E-state index in [2.05, 4.69) is 34.4 Å². The van der Waals surface area contributed by atoms with E-state index in [9.17, 15) is 9.59 Å². The number of amides is 1. The SMILES string of the molecule is Cc1cc(Nc2cc(C(C)C)ncn2)c(=O)n2c1C(=O)NC21CCC2(CC2)CC1. The Morgan fingerprint density at radius 1 is 1.07 bits per heavy atom. The van der Waals surface area contributed by atoms with Crippen molar-refractivity contribution < 1.29 is 4.79 Å². The molecule has 2 saturated carbocycles. The Balaban J connectivity index is 1.55. The average molecular weight is 393 g/mol. The van der Waals surface area contributed by atoms with E-state index in [4.69, 9.17) is 0 Å². The number of aromatic nitrogens is 3. The normalized spacial score (nSPS) is 20.8. The van der Waals surface area contributed by atoms with Crippen LogP contribution in [-0.4, -0.2) is 20.4 Å². The van der Waals surface area contributed by atoms with Crippen molar-refractivity contribution in [1.82, 2.24) is 19.9 Å². The maximum Gasteiger partial charge on any atom is 0.276 e. The first kappa shape index (κ1) is 18.3. The molecule has 0 bridgehead atoms. The molecule has 3 heterocycles. The van der Waals surface area contributed by atoms with Gasteiger partial charge in [0.05, 0.1) is 0 Å². The van der Waals surface area contributed by atoms with Crippen LogP contribution < -0.4 is 16.2 Å². The summed E-state index contributed by atoms with van der Waals surface area (Å²) in [5.74, 6) is 0.721. The van der Waals surface area contributed by atoms with Crippen LogP contribution in [0.4, 0.5) is 11.5 Å². The summed E-state index contributed by atoms with van der Waals surface area (Å²) in [5, 5.41) is 6.35. The smallest absolute Gasteiger partial charge is 0.276 e. The van der Waals surface area contributed by atoms with E-state index in [1.807, 2.05) is 13.0 Å². The fourth-order valence-corrected chi connectivity index (χ4v) is 4.96. The molecule has 2 spiro atoms. The summed E-state index contributed by atoms with van der Waals surface area (Å²) < 4.78 is 1.73. The molecule has 0 atom stereocenters. The molecular formula is C22H27N5O2. The van der Waals surface area contributed by atoms with E-state index in [0.29, 0.717) is 22.6 Å². The highest BCUT2D eigenvalue weighted by Crippen LogP contribution is 2.59. The largest absolute Gasteiger partial charge is 0.336 e. The van der Waals surface area contributed by atoms with Crippen LogP contribution >= 0.6 is 0 Å². The van der Waals surface area contributed by atoms with Gasteiger partial charge in [-0.05, 0) is 68.4 Å². The van der Waals surface area contributed by atoms with E-state index in [1.165, 1.54) is 19.2 Å². The van der Waals surface area contributed by atoms with Gasteiger partial charge >= 0.3 is 0 Å². The number of hydrogen-bond donors (Lipinski definition) is 2. The minimum Gasteiger partial charge on any atom is -0.336 e. The first-order valence-electron chi connectivity index (χ1n) is 10.5. The molecule has 1 aliphatic heterocycles. The van der Waals surface area contributed by atoms with Crippen molar-refractivity contribution in [1.29, 1.82) is 0 Å². The molecule has 3 aliphatic rings. The van der Waals surface area contributed by atoms with Crippen LogP contribution in [0.2, 0.25) is 0 Å². The van der Waals surface area contributed by atoms with Gasteiger partial charge in [0.2, 0.25) is 0 Å². The van der Waals surface area contributed by atoms with Gasteiger partial charge < -0.3 is 10.6 Å². The van der Waals surface area contributed by atoms with Crippen LogP contribution in [-0.2, 0) is 5.66 Å². The maximum absolute atomic E-state index is 13.5. The molecule has 2 aromatic heterocycles. The first-order chi connectivity index (χ1) is 13.8. The minimum atomic E-state index is -0.589. The van der Waals surface area contributed by atoms with Crippen molar-refractivity contribution in [2.24, 2.45) is 5.41 Å². The molecule has 152 valence electrons. The number of aryl methyl sites for hydroxylation is 1. The second kappa shape index (κ2) is 6.15. The van der Waals surface area contributed by atoms with E-state index >= 15 is 0 Å². The molecule has 0 radical (unpaired) electrons. The van der Waals surface area contributed by atoms with Crippen molar-refractivity contribution in [3.05, 3.63) is 45.8 Å². The van der Waals surface area contributed by atoms with Crippen LogP contribution in [0.1, 0.15) is 80.0 Å². The van der Waals surface area contributed by atoms with E-state index in [0.717, 1.165) is 36.9 Å². The van der Waals surface area contributed by atoms with Crippen LogP contribution in [0.25, 0.3) is 0 Å². The fourth-order valence-electron chi connectivity index (χ4n) is 4.96. The Morgan fingerprint density at radius 2 is 1.76 bits per heavy atom. The number of hydrogen-bond acceptors (Lipinski definition) is 5. The highest BCUT2D eigenvalue weighted by Gasteiger charge is 2.53. The predicted octanol–water partition coefficient (Wildman–Crippen LogP) is 3.56. The molecule has 2 aromatic rings. The number of nitrogens with zero attached hydrogens (tertiary/aromatic N) is 3. The third kappa shape index (κ3) is 2.86. The zero-order chi connectivity index (χ0) is 20.4. The summed E-state index contributed by atoms with van der Waals surface area (Å²) in [6.07, 6.45) is 7.85. The third-order valence-corrected chi connectivity index (χ3v) is 7.02. The zero-order valence-corrected chi connectivity index (χ0v) is 17.2. The molecule has 2 N–H and O–H groups in total. The van der Waals surface area contributed by atoms with Gasteiger partial charge in [-0.3, -0.25) is 14.2 Å². The second-order valence-corrected chi connectivity index (χ2v) is 9.32. The number of carbonyl (C=O) groups excluding carboxylic acids is 1. The number of rotatable bonds is 3. The standard InChI is InChI=1S/C22H27N5O2/c1-13(2)15-11-17(24-12-23-15)25-16-10-14(3)18-19(28)26-22(27(18)20(16)29)8-6-21(4-5-21)7-9-22/h10-13H,4-9H2,1-3H3,(H,26,28)(H,23,24,25). The molecule has 1 amide bonds.